The van der Waals surface area contributed by atoms with Gasteiger partial charge in [-0.2, -0.15) is 0 Å². The van der Waals surface area contributed by atoms with Crippen LogP contribution in [0.1, 0.15) is 258 Å². The number of hydrogen-bond acceptors (Lipinski definition) is 7. The summed E-state index contributed by atoms with van der Waals surface area (Å²) in [5, 5.41) is 9.70. The second-order valence-corrected chi connectivity index (χ2v) is 21.6. The van der Waals surface area contributed by atoms with E-state index in [9.17, 15) is 19.5 Å². The zero-order chi connectivity index (χ0) is 54.8. The molecule has 75 heavy (non-hydrogen) atoms. The first kappa shape index (κ1) is 71.5. The van der Waals surface area contributed by atoms with Crippen molar-refractivity contribution in [3.05, 3.63) is 85.1 Å². The van der Waals surface area contributed by atoms with Crippen molar-refractivity contribution in [2.24, 2.45) is 0 Å². The number of ether oxygens (including phenoxy) is 4. The van der Waals surface area contributed by atoms with Crippen molar-refractivity contribution in [2.75, 3.05) is 47.5 Å². The van der Waals surface area contributed by atoms with Crippen molar-refractivity contribution < 1.29 is 42.9 Å². The van der Waals surface area contributed by atoms with Gasteiger partial charge in [0.05, 0.1) is 34.4 Å². The van der Waals surface area contributed by atoms with Crippen molar-refractivity contribution in [3.63, 3.8) is 0 Å². The average molecular weight is 1050 g/mol. The Balaban J connectivity index is 4.10. The Morgan fingerprint density at radius 3 is 1.15 bits per heavy atom. The van der Waals surface area contributed by atoms with Crippen molar-refractivity contribution in [1.29, 1.82) is 0 Å². The average Bonchev–Trinajstić information content (AvgIpc) is 3.38. The van der Waals surface area contributed by atoms with E-state index in [1.807, 2.05) is 21.1 Å². The highest BCUT2D eigenvalue weighted by molar-refractivity contribution is 5.71. The third-order valence-electron chi connectivity index (χ3n) is 13.1. The monoisotopic (exact) mass is 1050 g/mol. The summed E-state index contributed by atoms with van der Waals surface area (Å²) >= 11 is 0. The van der Waals surface area contributed by atoms with Gasteiger partial charge in [-0.3, -0.25) is 9.59 Å². The number of aliphatic carboxylic acids is 1. The molecule has 2 atom stereocenters. The van der Waals surface area contributed by atoms with Crippen molar-refractivity contribution in [3.8, 4) is 0 Å². The first-order valence-corrected chi connectivity index (χ1v) is 30.8. The molecule has 9 nitrogen and oxygen atoms in total. The molecule has 0 rings (SSSR count). The molecule has 2 unspecified atom stereocenters. The molecule has 0 saturated carbocycles. The summed E-state index contributed by atoms with van der Waals surface area (Å²) < 4.78 is 22.9. The van der Waals surface area contributed by atoms with E-state index in [4.69, 9.17) is 18.9 Å². The largest absolute Gasteiger partial charge is 0.477 e. The standard InChI is InChI=1S/C66H115NO8/c1-6-8-10-12-14-16-18-20-22-23-24-25-26-27-28-29-30-31-32-33-34-35-36-37-38-39-40-41-43-45-47-49-51-53-55-57-64(69)75-62(61-74-66(65(70)71)72-59-58-67(3,4)5)60-73-63(68)56-54-52-50-48-46-44-42-21-19-17-15-13-11-9-7-2/h8,10,14,16,20-22,24-25,27-28,30-31,42,62,66H,6-7,9,11-13,15,17-19,23,26,29,32-41,43-61H2,1-5H3/p+1/b10-8-,16-14-,22-20-,25-24-,28-27-,31-30-,42-21-. The van der Waals surface area contributed by atoms with E-state index in [0.29, 0.717) is 17.4 Å². The molecule has 9 heteroatoms. The van der Waals surface area contributed by atoms with E-state index in [-0.39, 0.29) is 32.2 Å². The number of quaternary nitrogens is 1. The van der Waals surface area contributed by atoms with E-state index < -0.39 is 24.3 Å². The quantitative estimate of drug-likeness (QED) is 0.0211. The summed E-state index contributed by atoms with van der Waals surface area (Å²) in [4.78, 5) is 37.4. The highest BCUT2D eigenvalue weighted by Gasteiger charge is 2.25. The molecule has 0 radical (unpaired) electrons. The molecule has 0 spiro atoms. The SMILES string of the molecule is CC/C=C\C/C=C\C/C=C\C/C=C\C/C=C\C/C=C\CCCCCCCCCCCCCCCCCCC(=O)OC(COC(=O)CCCCCCC/C=C\CCCCCCCC)COC(OCC[N+](C)(C)C)C(=O)O. The molecule has 0 amide bonds. The Morgan fingerprint density at radius 1 is 0.413 bits per heavy atom. The van der Waals surface area contributed by atoms with Crippen LogP contribution in [0.15, 0.2) is 85.1 Å². The van der Waals surface area contributed by atoms with Gasteiger partial charge in [-0.1, -0.05) is 240 Å². The fourth-order valence-corrected chi connectivity index (χ4v) is 8.42. The molecule has 0 saturated heterocycles. The van der Waals surface area contributed by atoms with Crippen LogP contribution in [0.3, 0.4) is 0 Å². The van der Waals surface area contributed by atoms with E-state index in [1.165, 1.54) is 135 Å². The maximum Gasteiger partial charge on any atom is 0.361 e. The van der Waals surface area contributed by atoms with E-state index in [2.05, 4.69) is 98.9 Å². The summed E-state index contributed by atoms with van der Waals surface area (Å²) in [5.41, 5.74) is 0. The molecule has 0 aromatic rings. The van der Waals surface area contributed by atoms with Gasteiger partial charge in [0.25, 0.3) is 6.29 Å². The van der Waals surface area contributed by atoms with Crippen molar-refractivity contribution >= 4 is 17.9 Å². The van der Waals surface area contributed by atoms with Gasteiger partial charge in [0.2, 0.25) is 0 Å². The predicted octanol–water partition coefficient (Wildman–Crippen LogP) is 18.3. The Bertz CT molecular complexity index is 1500. The molecule has 0 aromatic heterocycles. The minimum absolute atomic E-state index is 0.185. The zero-order valence-corrected chi connectivity index (χ0v) is 49.2. The fourth-order valence-electron chi connectivity index (χ4n) is 8.42. The number of carboxylic acid groups (broad SMARTS) is 1. The summed E-state index contributed by atoms with van der Waals surface area (Å²) in [7, 11) is 5.97. The lowest BCUT2D eigenvalue weighted by Gasteiger charge is -2.25. The number of rotatable bonds is 56. The Hall–Kier alpha value is -3.53. The second-order valence-electron chi connectivity index (χ2n) is 21.6. The van der Waals surface area contributed by atoms with Crippen LogP contribution in [0.25, 0.3) is 0 Å². The summed E-state index contributed by atoms with van der Waals surface area (Å²) in [6.07, 6.45) is 72.5. The van der Waals surface area contributed by atoms with Gasteiger partial charge in [0.1, 0.15) is 13.2 Å². The highest BCUT2D eigenvalue weighted by atomic mass is 16.7. The topological polar surface area (TPSA) is 108 Å². The number of carboxylic acids is 1. The lowest BCUT2D eigenvalue weighted by molar-refractivity contribution is -0.870. The van der Waals surface area contributed by atoms with Gasteiger partial charge in [-0.25, -0.2) is 4.79 Å². The number of esters is 2. The molecular formula is C66H116NO8+. The van der Waals surface area contributed by atoms with Gasteiger partial charge in [0.15, 0.2) is 6.10 Å². The molecule has 0 aliphatic rings. The number of allylic oxidation sites excluding steroid dienone is 14. The van der Waals surface area contributed by atoms with E-state index >= 15 is 0 Å². The van der Waals surface area contributed by atoms with Gasteiger partial charge >= 0.3 is 17.9 Å². The summed E-state index contributed by atoms with van der Waals surface area (Å²) in [6.45, 7) is 4.76. The van der Waals surface area contributed by atoms with Crippen LogP contribution >= 0.6 is 0 Å². The maximum absolute atomic E-state index is 12.9. The van der Waals surface area contributed by atoms with Crippen LogP contribution in [-0.4, -0.2) is 87.4 Å². The van der Waals surface area contributed by atoms with E-state index in [1.54, 1.807) is 0 Å². The number of likely N-dealkylation sites (N-methyl/N-ethyl adjacent to an activating group) is 1. The molecule has 0 aromatic carbocycles. The predicted molar refractivity (Wildman–Crippen MR) is 318 cm³/mol. The number of nitrogens with zero attached hydrogens (tertiary/aromatic N) is 1. The minimum Gasteiger partial charge on any atom is -0.477 e. The summed E-state index contributed by atoms with van der Waals surface area (Å²) in [5.74, 6) is -2.01. The normalized spacial score (nSPS) is 13.3. The van der Waals surface area contributed by atoms with Crippen LogP contribution in [0.5, 0.6) is 0 Å². The number of unbranched alkanes of at least 4 members (excludes halogenated alkanes) is 27. The fraction of sp³-hybridized carbons (Fsp3) is 0.742. The number of hydrogen-bond donors (Lipinski definition) is 1. The van der Waals surface area contributed by atoms with Crippen LogP contribution in [0.4, 0.5) is 0 Å². The summed E-state index contributed by atoms with van der Waals surface area (Å²) in [6, 6.07) is 0. The highest BCUT2D eigenvalue weighted by Crippen LogP contribution is 2.16. The van der Waals surface area contributed by atoms with Crippen molar-refractivity contribution in [1.82, 2.24) is 0 Å². The maximum atomic E-state index is 12.9. The first-order chi connectivity index (χ1) is 36.6. The van der Waals surface area contributed by atoms with Crippen LogP contribution < -0.4 is 0 Å². The smallest absolute Gasteiger partial charge is 0.361 e. The molecule has 0 fully saturated rings. The lowest BCUT2D eigenvalue weighted by atomic mass is 10.0. The Labute approximate surface area is 461 Å². The third kappa shape index (κ3) is 58.0. The first-order valence-electron chi connectivity index (χ1n) is 30.8. The van der Waals surface area contributed by atoms with Gasteiger partial charge in [0, 0.05) is 12.8 Å². The van der Waals surface area contributed by atoms with Gasteiger partial charge in [-0.15, -0.1) is 0 Å². The van der Waals surface area contributed by atoms with Crippen LogP contribution in [0.2, 0.25) is 0 Å². The van der Waals surface area contributed by atoms with Crippen LogP contribution in [0, 0.1) is 0 Å². The molecule has 0 aliphatic heterocycles. The molecular weight excluding hydrogens is 935 g/mol. The molecule has 0 bridgehead atoms. The van der Waals surface area contributed by atoms with Crippen molar-refractivity contribution in [2.45, 2.75) is 270 Å². The lowest BCUT2D eigenvalue weighted by Crippen LogP contribution is -2.40. The minimum atomic E-state index is -1.51. The van der Waals surface area contributed by atoms with Crippen LogP contribution in [-0.2, 0) is 33.3 Å². The second kappa shape index (κ2) is 56.7. The number of carbonyl (C=O) groups is 3. The Kier molecular flexibility index (Phi) is 54.0. The Morgan fingerprint density at radius 2 is 0.760 bits per heavy atom. The van der Waals surface area contributed by atoms with Gasteiger partial charge < -0.3 is 28.5 Å². The molecule has 0 heterocycles. The zero-order valence-electron chi connectivity index (χ0n) is 49.2. The van der Waals surface area contributed by atoms with E-state index in [0.717, 1.165) is 96.3 Å². The van der Waals surface area contributed by atoms with Gasteiger partial charge in [-0.05, 0) is 89.9 Å². The molecule has 432 valence electrons. The third-order valence-corrected chi connectivity index (χ3v) is 13.1. The molecule has 1 N–H and O–H groups in total. The molecule has 0 aliphatic carbocycles. The number of carbonyl (C=O) groups excluding carboxylic acids is 2.